The fourth-order valence-corrected chi connectivity index (χ4v) is 10.0. The van der Waals surface area contributed by atoms with E-state index < -0.39 is 34.9 Å². The molecule has 4 rings (SSSR count). The lowest BCUT2D eigenvalue weighted by Crippen LogP contribution is -2.63. The Morgan fingerprint density at radius 3 is 2.04 bits per heavy atom. The number of hydrogen-bond acceptors (Lipinski definition) is 6. The van der Waals surface area contributed by atoms with Crippen molar-refractivity contribution in [1.29, 1.82) is 0 Å². The van der Waals surface area contributed by atoms with Crippen molar-refractivity contribution in [3.05, 3.63) is 23.8 Å². The van der Waals surface area contributed by atoms with Crippen LogP contribution < -0.4 is 0 Å². The van der Waals surface area contributed by atoms with Crippen molar-refractivity contribution in [2.75, 3.05) is 6.61 Å². The highest BCUT2D eigenvalue weighted by atomic mass is 16.6. The minimum atomic E-state index is -1.40. The third-order valence-electron chi connectivity index (χ3n) is 12.5. The van der Waals surface area contributed by atoms with Gasteiger partial charge in [0, 0.05) is 23.2 Å². The van der Waals surface area contributed by atoms with Crippen LogP contribution in [-0.4, -0.2) is 46.1 Å². The summed E-state index contributed by atoms with van der Waals surface area (Å²) in [6.07, 6.45) is 26.8. The molecule has 4 aliphatic rings. The van der Waals surface area contributed by atoms with Crippen molar-refractivity contribution < 1.29 is 29.3 Å². The SMILES string of the molecule is CCCCCCCCCCCCCCCCCC(=O)O[C@]1(C(=O)CO)CC[C@H]2[C@@H]3CCC4=CC(=O)C=C[C@]4(C)[C@H]3[C@@H](O)C[C@@]21C. The molecule has 6 nitrogen and oxygen atoms in total. The summed E-state index contributed by atoms with van der Waals surface area (Å²) >= 11 is 0. The van der Waals surface area contributed by atoms with E-state index in [0.717, 1.165) is 44.1 Å². The highest BCUT2D eigenvalue weighted by Gasteiger charge is 2.70. The van der Waals surface area contributed by atoms with Crippen LogP contribution in [0.2, 0.25) is 0 Å². The van der Waals surface area contributed by atoms with Gasteiger partial charge >= 0.3 is 5.97 Å². The van der Waals surface area contributed by atoms with Gasteiger partial charge < -0.3 is 14.9 Å². The normalized spacial score (nSPS) is 33.7. The maximum atomic E-state index is 13.5. The minimum absolute atomic E-state index is 0.00508. The summed E-state index contributed by atoms with van der Waals surface area (Å²) in [5, 5.41) is 21.8. The molecule has 0 spiro atoms. The van der Waals surface area contributed by atoms with E-state index in [1.54, 1.807) is 12.2 Å². The molecule has 0 heterocycles. The van der Waals surface area contributed by atoms with Crippen LogP contribution in [0, 0.1) is 28.6 Å². The van der Waals surface area contributed by atoms with Crippen LogP contribution in [0.1, 0.15) is 156 Å². The number of allylic oxidation sites excluding steroid dienone is 4. The predicted octanol–water partition coefficient (Wildman–Crippen LogP) is 8.37. The van der Waals surface area contributed by atoms with Crippen LogP contribution in [0.3, 0.4) is 0 Å². The molecule has 0 aromatic rings. The Hall–Kier alpha value is -1.79. The molecule has 0 bridgehead atoms. The Morgan fingerprint density at radius 1 is 0.889 bits per heavy atom. The van der Waals surface area contributed by atoms with Crippen LogP contribution in [0.5, 0.6) is 0 Å². The standard InChI is InChI=1S/C39H62O6/c1-4-5-6-7-8-9-10-11-12-13-14-15-16-17-18-19-35(44)45-39(34(43)28-40)25-23-32-31-21-20-29-26-30(41)22-24-37(29,2)36(31)33(42)27-38(32,39)3/h22,24,26,31-33,36,40,42H,4-21,23,25,27-28H2,1-3H3/t31-,32-,33-,36+,37-,38-,39-/m0/s1. The number of fused-ring (bicyclic) bond motifs is 5. The zero-order chi connectivity index (χ0) is 32.5. The quantitative estimate of drug-likeness (QED) is 0.110. The Kier molecular flexibility index (Phi) is 13.1. The van der Waals surface area contributed by atoms with Gasteiger partial charge in [-0.3, -0.25) is 14.4 Å². The topological polar surface area (TPSA) is 101 Å². The molecule has 0 unspecified atom stereocenters. The molecular weight excluding hydrogens is 564 g/mol. The highest BCUT2D eigenvalue weighted by molar-refractivity contribution is 6.01. The van der Waals surface area contributed by atoms with Gasteiger partial charge in [0.25, 0.3) is 0 Å². The monoisotopic (exact) mass is 626 g/mol. The summed E-state index contributed by atoms with van der Waals surface area (Å²) in [5.74, 6) is -0.625. The number of ether oxygens (including phenoxy) is 1. The summed E-state index contributed by atoms with van der Waals surface area (Å²) in [6.45, 7) is 5.73. The van der Waals surface area contributed by atoms with E-state index in [2.05, 4.69) is 13.8 Å². The van der Waals surface area contributed by atoms with Gasteiger partial charge in [-0.2, -0.15) is 0 Å². The maximum Gasteiger partial charge on any atom is 0.306 e. The summed E-state index contributed by atoms with van der Waals surface area (Å²) in [6, 6.07) is 0. The zero-order valence-electron chi connectivity index (χ0n) is 28.6. The summed E-state index contributed by atoms with van der Waals surface area (Å²) in [5.41, 5.74) is -1.46. The van der Waals surface area contributed by atoms with Crippen molar-refractivity contribution >= 4 is 17.5 Å². The molecule has 0 aliphatic heterocycles. The van der Waals surface area contributed by atoms with Crippen LogP contribution >= 0.6 is 0 Å². The molecule has 0 aromatic carbocycles. The third-order valence-corrected chi connectivity index (χ3v) is 12.5. The number of hydrogen-bond donors (Lipinski definition) is 2. The van der Waals surface area contributed by atoms with E-state index in [9.17, 15) is 24.6 Å². The van der Waals surface area contributed by atoms with E-state index in [1.165, 1.54) is 77.0 Å². The van der Waals surface area contributed by atoms with Crippen LogP contribution in [-0.2, 0) is 19.1 Å². The molecule has 254 valence electrons. The van der Waals surface area contributed by atoms with Gasteiger partial charge in [0.15, 0.2) is 11.4 Å². The number of unbranched alkanes of at least 4 members (excludes halogenated alkanes) is 14. The van der Waals surface area contributed by atoms with Gasteiger partial charge in [-0.25, -0.2) is 0 Å². The molecule has 0 aromatic heterocycles. The molecule has 0 saturated heterocycles. The van der Waals surface area contributed by atoms with E-state index in [-0.39, 0.29) is 35.9 Å². The number of Topliss-reactive ketones (excluding diaryl/α,β-unsaturated/α-hetero) is 1. The second-order valence-electron chi connectivity index (χ2n) is 15.3. The van der Waals surface area contributed by atoms with E-state index >= 15 is 0 Å². The molecule has 4 aliphatic carbocycles. The van der Waals surface area contributed by atoms with Gasteiger partial charge in [0.2, 0.25) is 5.78 Å². The van der Waals surface area contributed by atoms with Gasteiger partial charge in [-0.1, -0.05) is 122 Å². The lowest BCUT2D eigenvalue weighted by Gasteiger charge is -2.59. The number of esters is 1. The van der Waals surface area contributed by atoms with Crippen molar-refractivity contribution in [3.63, 3.8) is 0 Å². The average Bonchev–Trinajstić information content (AvgIpc) is 3.30. The first-order chi connectivity index (χ1) is 21.6. The van der Waals surface area contributed by atoms with Crippen molar-refractivity contribution in [2.45, 2.75) is 167 Å². The molecule has 0 radical (unpaired) electrons. The summed E-state index contributed by atoms with van der Waals surface area (Å²) < 4.78 is 6.19. The molecular formula is C39H62O6. The van der Waals surface area contributed by atoms with Crippen molar-refractivity contribution in [3.8, 4) is 0 Å². The molecule has 2 N–H and O–H groups in total. The number of rotatable bonds is 19. The fraction of sp³-hybridized carbons (Fsp3) is 0.821. The predicted molar refractivity (Wildman–Crippen MR) is 178 cm³/mol. The molecule has 0 amide bonds. The second kappa shape index (κ2) is 16.4. The second-order valence-corrected chi connectivity index (χ2v) is 15.3. The summed E-state index contributed by atoms with van der Waals surface area (Å²) in [4.78, 5) is 38.8. The number of carbonyl (C=O) groups excluding carboxylic acids is 3. The number of aliphatic hydroxyl groups is 2. The lowest BCUT2D eigenvalue weighted by molar-refractivity contribution is -0.200. The van der Waals surface area contributed by atoms with E-state index in [1.807, 2.05) is 13.0 Å². The number of carbonyl (C=O) groups is 3. The molecule has 6 heteroatoms. The molecule has 3 fully saturated rings. The third kappa shape index (κ3) is 7.86. The Labute approximate surface area is 272 Å². The van der Waals surface area contributed by atoms with Crippen molar-refractivity contribution in [2.24, 2.45) is 28.6 Å². The van der Waals surface area contributed by atoms with Crippen molar-refractivity contribution in [1.82, 2.24) is 0 Å². The Bertz CT molecular complexity index is 1080. The smallest absolute Gasteiger partial charge is 0.306 e. The van der Waals surface area contributed by atoms with Gasteiger partial charge in [-0.15, -0.1) is 0 Å². The Morgan fingerprint density at radius 2 is 1.47 bits per heavy atom. The van der Waals surface area contributed by atoms with E-state index in [4.69, 9.17) is 4.74 Å². The minimum Gasteiger partial charge on any atom is -0.450 e. The fourth-order valence-electron chi connectivity index (χ4n) is 10.0. The first-order valence-corrected chi connectivity index (χ1v) is 18.6. The molecule has 7 atom stereocenters. The van der Waals surface area contributed by atoms with Crippen LogP contribution in [0.25, 0.3) is 0 Å². The van der Waals surface area contributed by atoms with Gasteiger partial charge in [-0.05, 0) is 62.5 Å². The first-order valence-electron chi connectivity index (χ1n) is 18.6. The van der Waals surface area contributed by atoms with Crippen LogP contribution in [0.15, 0.2) is 23.8 Å². The molecule has 45 heavy (non-hydrogen) atoms. The average molecular weight is 627 g/mol. The molecule has 3 saturated carbocycles. The van der Waals surface area contributed by atoms with Gasteiger partial charge in [0.05, 0.1) is 6.10 Å². The number of aliphatic hydroxyl groups excluding tert-OH is 2. The zero-order valence-corrected chi connectivity index (χ0v) is 28.6. The largest absolute Gasteiger partial charge is 0.450 e. The first kappa shape index (κ1) is 36.1. The van der Waals surface area contributed by atoms with E-state index in [0.29, 0.717) is 12.8 Å². The maximum absolute atomic E-state index is 13.5. The van der Waals surface area contributed by atoms with Gasteiger partial charge in [0.1, 0.15) is 6.61 Å². The number of ketones is 2. The Balaban J connectivity index is 1.23. The van der Waals surface area contributed by atoms with Crippen LogP contribution in [0.4, 0.5) is 0 Å². The summed E-state index contributed by atoms with van der Waals surface area (Å²) in [7, 11) is 0. The highest BCUT2D eigenvalue weighted by Crippen LogP contribution is 2.68. The lowest BCUT2D eigenvalue weighted by atomic mass is 9.46.